The molecule has 0 saturated carbocycles. The molecule has 174 valence electrons. The monoisotopic (exact) mass is 469 g/mol. The van der Waals surface area contributed by atoms with Crippen LogP contribution in [0.3, 0.4) is 0 Å². The van der Waals surface area contributed by atoms with Crippen molar-refractivity contribution in [1.82, 2.24) is 9.78 Å². The summed E-state index contributed by atoms with van der Waals surface area (Å²) in [7, 11) is 0. The van der Waals surface area contributed by atoms with Gasteiger partial charge in [-0.3, -0.25) is 9.89 Å². The molecule has 9 heteroatoms. The molecule has 3 rings (SSSR count). The Morgan fingerprint density at radius 3 is 2.39 bits per heavy atom. The first kappa shape index (κ1) is 24.2. The van der Waals surface area contributed by atoms with Crippen molar-refractivity contribution in [3.8, 4) is 5.69 Å². The minimum Gasteiger partial charge on any atom is -0.462 e. The molecule has 33 heavy (non-hydrogen) atoms. The predicted molar refractivity (Wildman–Crippen MR) is 129 cm³/mol. The lowest BCUT2D eigenvalue weighted by Gasteiger charge is -2.06. The fraction of sp³-hybridized carbons (Fsp3) is 0.333. The van der Waals surface area contributed by atoms with E-state index in [4.69, 9.17) is 9.47 Å². The van der Waals surface area contributed by atoms with Crippen LogP contribution in [0.25, 0.3) is 5.69 Å². The number of H-pyrrole nitrogens is 1. The van der Waals surface area contributed by atoms with Gasteiger partial charge in [-0.15, -0.1) is 11.3 Å². The number of rotatable bonds is 7. The predicted octanol–water partition coefficient (Wildman–Crippen LogP) is 4.56. The summed E-state index contributed by atoms with van der Waals surface area (Å²) in [5.41, 5.74) is 4.17. The zero-order chi connectivity index (χ0) is 24.3. The minimum absolute atomic E-state index is 0.184. The molecule has 0 aliphatic heterocycles. The van der Waals surface area contributed by atoms with Crippen LogP contribution in [0, 0.1) is 27.7 Å². The Balaban J connectivity index is 2.07. The van der Waals surface area contributed by atoms with Gasteiger partial charge >= 0.3 is 11.9 Å². The van der Waals surface area contributed by atoms with Crippen LogP contribution >= 0.6 is 11.3 Å². The van der Waals surface area contributed by atoms with Crippen molar-refractivity contribution >= 4 is 34.5 Å². The van der Waals surface area contributed by atoms with Gasteiger partial charge in [0.25, 0.3) is 5.56 Å². The standard InChI is InChI=1S/C24H27N3O5S/c1-7-31-23(29)19-15(5)20(24(30)32-8-2)33-21(19)25-12-17-16(6)26-27(22(17)28)18-10-9-13(3)11-14(18)4/h9-12,26H,7-8H2,1-6H3. The van der Waals surface area contributed by atoms with E-state index in [0.29, 0.717) is 16.8 Å². The van der Waals surface area contributed by atoms with Crippen molar-refractivity contribution in [2.75, 3.05) is 13.2 Å². The lowest BCUT2D eigenvalue weighted by atomic mass is 10.1. The van der Waals surface area contributed by atoms with Crippen LogP contribution in [0.4, 0.5) is 5.00 Å². The van der Waals surface area contributed by atoms with Gasteiger partial charge in [-0.25, -0.2) is 19.3 Å². The molecule has 0 atom stereocenters. The molecule has 2 heterocycles. The summed E-state index contributed by atoms with van der Waals surface area (Å²) in [6.07, 6.45) is 1.41. The van der Waals surface area contributed by atoms with E-state index in [0.717, 1.165) is 28.2 Å². The number of hydrogen-bond acceptors (Lipinski definition) is 7. The van der Waals surface area contributed by atoms with Crippen molar-refractivity contribution < 1.29 is 19.1 Å². The molecule has 0 aliphatic rings. The highest BCUT2D eigenvalue weighted by molar-refractivity contribution is 7.18. The number of aliphatic imine (C=N–C) groups is 1. The molecule has 0 radical (unpaired) electrons. The molecule has 2 aromatic heterocycles. The van der Waals surface area contributed by atoms with E-state index in [2.05, 4.69) is 10.1 Å². The summed E-state index contributed by atoms with van der Waals surface area (Å²) in [6.45, 7) is 11.2. The number of aryl methyl sites for hydroxylation is 3. The maximum atomic E-state index is 13.1. The second kappa shape index (κ2) is 9.99. The fourth-order valence-corrected chi connectivity index (χ4v) is 4.52. The quantitative estimate of drug-likeness (QED) is 0.403. The number of nitrogens with one attached hydrogen (secondary N) is 1. The highest BCUT2D eigenvalue weighted by Gasteiger charge is 2.26. The van der Waals surface area contributed by atoms with Gasteiger partial charge in [-0.2, -0.15) is 0 Å². The molecule has 0 aliphatic carbocycles. The van der Waals surface area contributed by atoms with Gasteiger partial charge in [-0.05, 0) is 58.7 Å². The number of thiophene rings is 1. The Morgan fingerprint density at radius 2 is 1.76 bits per heavy atom. The lowest BCUT2D eigenvalue weighted by molar-refractivity contribution is 0.0527. The number of aromatic nitrogens is 2. The first-order valence-electron chi connectivity index (χ1n) is 10.6. The van der Waals surface area contributed by atoms with Crippen molar-refractivity contribution in [3.63, 3.8) is 0 Å². The molecule has 1 aromatic carbocycles. The van der Waals surface area contributed by atoms with E-state index < -0.39 is 11.9 Å². The highest BCUT2D eigenvalue weighted by Crippen LogP contribution is 2.36. The van der Waals surface area contributed by atoms with Crippen LogP contribution in [-0.2, 0) is 9.47 Å². The van der Waals surface area contributed by atoms with Gasteiger partial charge in [0.2, 0.25) is 0 Å². The number of hydrogen-bond donors (Lipinski definition) is 1. The molecule has 0 saturated heterocycles. The number of aromatic amines is 1. The number of ether oxygens (including phenoxy) is 2. The molecule has 0 unspecified atom stereocenters. The van der Waals surface area contributed by atoms with E-state index >= 15 is 0 Å². The second-order valence-electron chi connectivity index (χ2n) is 7.52. The molecule has 8 nitrogen and oxygen atoms in total. The first-order valence-corrected chi connectivity index (χ1v) is 11.4. The Hall–Kier alpha value is -3.46. The first-order chi connectivity index (χ1) is 15.7. The van der Waals surface area contributed by atoms with Crippen molar-refractivity contribution in [3.05, 3.63) is 66.9 Å². The van der Waals surface area contributed by atoms with Crippen molar-refractivity contribution in [1.29, 1.82) is 0 Å². The average Bonchev–Trinajstić information content (AvgIpc) is 3.23. The normalized spacial score (nSPS) is 11.2. The maximum absolute atomic E-state index is 13.1. The van der Waals surface area contributed by atoms with Crippen LogP contribution in [-0.4, -0.2) is 41.1 Å². The molecule has 3 aromatic rings. The lowest BCUT2D eigenvalue weighted by Crippen LogP contribution is -2.18. The summed E-state index contributed by atoms with van der Waals surface area (Å²) in [5, 5.41) is 3.37. The molecule has 0 spiro atoms. The zero-order valence-corrected chi connectivity index (χ0v) is 20.4. The third-order valence-corrected chi connectivity index (χ3v) is 6.27. The molecule has 0 bridgehead atoms. The average molecular weight is 470 g/mol. The molecular weight excluding hydrogens is 442 g/mol. The second-order valence-corrected chi connectivity index (χ2v) is 8.52. The van der Waals surface area contributed by atoms with E-state index in [-0.39, 0.29) is 34.2 Å². The van der Waals surface area contributed by atoms with Gasteiger partial charge in [0.05, 0.1) is 24.5 Å². The summed E-state index contributed by atoms with van der Waals surface area (Å²) < 4.78 is 11.7. The summed E-state index contributed by atoms with van der Waals surface area (Å²) >= 11 is 1.03. The molecular formula is C24H27N3O5S. The van der Waals surface area contributed by atoms with Crippen LogP contribution < -0.4 is 5.56 Å². The number of carbonyl (C=O) groups excluding carboxylic acids is 2. The Morgan fingerprint density at radius 1 is 1.09 bits per heavy atom. The number of nitrogens with zero attached hydrogens (tertiary/aromatic N) is 2. The SMILES string of the molecule is CCOC(=O)c1sc(N=Cc2c(C)[nH]n(-c3ccc(C)cc3C)c2=O)c(C(=O)OCC)c1C. The topological polar surface area (TPSA) is 103 Å². The van der Waals surface area contributed by atoms with Crippen molar-refractivity contribution in [2.24, 2.45) is 4.99 Å². The van der Waals surface area contributed by atoms with Crippen LogP contribution in [0.15, 0.2) is 28.0 Å². The van der Waals surface area contributed by atoms with Gasteiger partial charge in [-0.1, -0.05) is 17.7 Å². The van der Waals surface area contributed by atoms with Gasteiger partial charge in [0.15, 0.2) is 0 Å². The van der Waals surface area contributed by atoms with E-state index in [1.165, 1.54) is 10.9 Å². The largest absolute Gasteiger partial charge is 0.462 e. The maximum Gasteiger partial charge on any atom is 0.348 e. The van der Waals surface area contributed by atoms with Crippen molar-refractivity contribution in [2.45, 2.75) is 41.5 Å². The Labute approximate surface area is 195 Å². The van der Waals surface area contributed by atoms with Gasteiger partial charge in [0.1, 0.15) is 15.4 Å². The van der Waals surface area contributed by atoms with E-state index in [9.17, 15) is 14.4 Å². The van der Waals surface area contributed by atoms with Gasteiger partial charge < -0.3 is 9.47 Å². The fourth-order valence-electron chi connectivity index (χ4n) is 3.48. The van der Waals surface area contributed by atoms with E-state index in [1.807, 2.05) is 32.0 Å². The Kier molecular flexibility index (Phi) is 7.33. The van der Waals surface area contributed by atoms with Crippen LogP contribution in [0.2, 0.25) is 0 Å². The molecule has 0 amide bonds. The molecule has 0 fully saturated rings. The number of carbonyl (C=O) groups is 2. The zero-order valence-electron chi connectivity index (χ0n) is 19.6. The van der Waals surface area contributed by atoms with E-state index in [1.54, 1.807) is 27.7 Å². The molecule has 1 N–H and O–H groups in total. The van der Waals surface area contributed by atoms with Crippen LogP contribution in [0.5, 0.6) is 0 Å². The van der Waals surface area contributed by atoms with Crippen LogP contribution in [0.1, 0.15) is 61.8 Å². The summed E-state index contributed by atoms with van der Waals surface area (Å²) in [5.74, 6) is -1.10. The highest BCUT2D eigenvalue weighted by atomic mass is 32.1. The summed E-state index contributed by atoms with van der Waals surface area (Å²) in [4.78, 5) is 42.7. The number of benzene rings is 1. The number of esters is 2. The Bertz CT molecular complexity index is 1300. The third kappa shape index (κ3) is 4.83. The van der Waals surface area contributed by atoms with Gasteiger partial charge in [0, 0.05) is 11.9 Å². The minimum atomic E-state index is -0.576. The smallest absolute Gasteiger partial charge is 0.348 e. The summed E-state index contributed by atoms with van der Waals surface area (Å²) in [6, 6.07) is 5.83. The third-order valence-electron chi connectivity index (χ3n) is 5.09.